The standard InChI is InChI=1S/C31H33N7.2C28H28N8/c1-20-13-16-25-24(17-18-32-28(25)19-20)15-14-23(4)33-29-36-30(34-26-11-7-5-9-21(26)2)38-31(37-29)35-27-12-8-6-10-22(27)3;2*1-18-12-13-21-24(14-15-29-25(21)16-18)30-17-31-26-34-27(32-22-10-6-4-8-19(22)2)36-28(35-26)33-23-11-7-5-9-20(23)3/h5-13,16-19,23H,14-15H2,1-4H3,(H3,33,34,35,36,37,38);2*4-16H,17H2,1-3H3,(H,29,30)(H3,31,32,33,34,35,36). The summed E-state index contributed by atoms with van der Waals surface area (Å²) in [4.78, 5) is 55.2. The van der Waals surface area contributed by atoms with Crippen LogP contribution in [0.25, 0.3) is 32.7 Å². The third kappa shape index (κ3) is 19.9. The number of fused-ring (bicyclic) bond motifs is 3. The predicted octanol–water partition coefficient (Wildman–Crippen LogP) is 19.9. The number of nitrogens with zero attached hydrogens (tertiary/aromatic N) is 12. The number of benzene rings is 9. The van der Waals surface area contributed by atoms with E-state index in [1.54, 1.807) is 0 Å². The summed E-state index contributed by atoms with van der Waals surface area (Å²) < 4.78 is 0. The van der Waals surface area contributed by atoms with E-state index in [0.29, 0.717) is 66.9 Å². The summed E-state index contributed by atoms with van der Waals surface area (Å²) in [6.45, 7) is 21.5. The van der Waals surface area contributed by atoms with Crippen LogP contribution in [0.3, 0.4) is 0 Å². The SMILES string of the molecule is Cc1ccc2c(CCC(C)Nc3nc(Nc4ccccc4C)nc(Nc4ccccc4C)n3)ccnc2c1.Cc1ccc2c(NCNc3nc(Nc4ccccc4C)nc(Nc4ccccc4C)n3)ccnc2c1.Cc1ccc2c(NCNc3nc(Nc4ccccc4C)nc(Nc4ccccc4C)n3)ccnc2c1. The van der Waals surface area contributed by atoms with Gasteiger partial charge in [-0.05, 0) is 211 Å². The largest absolute Gasteiger partial charge is 0.367 e. The number of aromatic nitrogens is 12. The van der Waals surface area contributed by atoms with E-state index < -0.39 is 0 Å². The van der Waals surface area contributed by atoms with Gasteiger partial charge in [-0.25, -0.2) is 0 Å². The molecule has 6 aromatic heterocycles. The van der Waals surface area contributed by atoms with Crippen LogP contribution in [0.5, 0.6) is 0 Å². The highest BCUT2D eigenvalue weighted by Gasteiger charge is 2.17. The van der Waals surface area contributed by atoms with E-state index in [9.17, 15) is 0 Å². The molecule has 0 aliphatic carbocycles. The minimum absolute atomic E-state index is 0.142. The number of hydrogen-bond acceptors (Lipinski definition) is 23. The Balaban J connectivity index is 0.000000145. The van der Waals surface area contributed by atoms with Gasteiger partial charge < -0.3 is 58.5 Å². The number of para-hydroxylation sites is 6. The van der Waals surface area contributed by atoms with E-state index in [1.165, 1.54) is 27.6 Å². The zero-order valence-corrected chi connectivity index (χ0v) is 63.3. The monoisotopic (exact) mass is 1460 g/mol. The number of nitrogens with one attached hydrogen (secondary N) is 11. The predicted molar refractivity (Wildman–Crippen MR) is 451 cm³/mol. The first-order chi connectivity index (χ1) is 53.5. The summed E-state index contributed by atoms with van der Waals surface area (Å²) in [5, 5.41) is 40.2. The van der Waals surface area contributed by atoms with Crippen LogP contribution in [0.15, 0.2) is 237 Å². The second kappa shape index (κ2) is 35.4. The Kier molecular flexibility index (Phi) is 23.9. The maximum atomic E-state index is 4.69. The molecule has 0 amide bonds. The molecule has 6 heterocycles. The van der Waals surface area contributed by atoms with E-state index in [4.69, 9.17) is 9.97 Å². The molecular weight excluding hydrogens is 1370 g/mol. The van der Waals surface area contributed by atoms with E-state index in [0.717, 1.165) is 119 Å². The van der Waals surface area contributed by atoms with Gasteiger partial charge in [-0.15, -0.1) is 0 Å². The molecule has 0 radical (unpaired) electrons. The summed E-state index contributed by atoms with van der Waals surface area (Å²) in [6.07, 6.45) is 7.35. The van der Waals surface area contributed by atoms with Gasteiger partial charge in [-0.3, -0.25) is 15.0 Å². The zero-order chi connectivity index (χ0) is 76.3. The summed E-state index contributed by atoms with van der Waals surface area (Å²) >= 11 is 0. The highest BCUT2D eigenvalue weighted by Crippen LogP contribution is 2.30. The lowest BCUT2D eigenvalue weighted by atomic mass is 10.0. The maximum absolute atomic E-state index is 4.69. The van der Waals surface area contributed by atoms with Crippen molar-refractivity contribution >= 4 is 132 Å². The molecule has 9 aromatic carbocycles. The lowest BCUT2D eigenvalue weighted by molar-refractivity contribution is 0.700. The second-order valence-corrected chi connectivity index (χ2v) is 27.0. The molecule has 0 bridgehead atoms. The van der Waals surface area contributed by atoms with Gasteiger partial charge in [0.05, 0.1) is 29.9 Å². The van der Waals surface area contributed by atoms with Crippen LogP contribution in [0.2, 0.25) is 0 Å². The fourth-order valence-corrected chi connectivity index (χ4v) is 12.1. The molecule has 23 heteroatoms. The smallest absolute Gasteiger partial charge is 0.233 e. The summed E-state index contributed by atoms with van der Waals surface area (Å²) in [5.41, 5.74) is 22.1. The van der Waals surface area contributed by atoms with E-state index in [-0.39, 0.29) is 6.04 Å². The Hall–Kier alpha value is -14.0. The van der Waals surface area contributed by atoms with Gasteiger partial charge in [-0.1, -0.05) is 146 Å². The maximum Gasteiger partial charge on any atom is 0.233 e. The molecule has 552 valence electrons. The van der Waals surface area contributed by atoms with Gasteiger partial charge in [0, 0.05) is 86.3 Å². The minimum Gasteiger partial charge on any atom is -0.367 e. The van der Waals surface area contributed by atoms with Crippen molar-refractivity contribution in [1.29, 1.82) is 0 Å². The van der Waals surface area contributed by atoms with Gasteiger partial charge in [-0.2, -0.15) is 44.9 Å². The first kappa shape index (κ1) is 74.3. The van der Waals surface area contributed by atoms with Crippen LogP contribution in [0, 0.1) is 62.3 Å². The first-order valence-electron chi connectivity index (χ1n) is 36.6. The molecule has 0 aliphatic heterocycles. The lowest BCUT2D eigenvalue weighted by Crippen LogP contribution is -2.19. The molecule has 11 N–H and O–H groups in total. The van der Waals surface area contributed by atoms with Gasteiger partial charge in [0.2, 0.25) is 53.5 Å². The van der Waals surface area contributed by atoms with Crippen LogP contribution in [-0.2, 0) is 6.42 Å². The highest BCUT2D eigenvalue weighted by atomic mass is 15.3. The molecule has 110 heavy (non-hydrogen) atoms. The molecule has 15 rings (SSSR count). The fraction of sp³-hybridized carbons (Fsp3) is 0.172. The average Bonchev–Trinajstić information content (AvgIpc) is 0.834. The van der Waals surface area contributed by atoms with Crippen LogP contribution in [0.4, 0.5) is 99.0 Å². The number of aryl methyl sites for hydroxylation is 10. The van der Waals surface area contributed by atoms with Crippen molar-refractivity contribution in [3.63, 3.8) is 0 Å². The molecule has 23 nitrogen and oxygen atoms in total. The topological polar surface area (TPSA) is 287 Å². The van der Waals surface area contributed by atoms with Crippen molar-refractivity contribution in [2.24, 2.45) is 0 Å². The normalized spacial score (nSPS) is 11.1. The molecule has 0 spiro atoms. The van der Waals surface area contributed by atoms with Gasteiger partial charge >= 0.3 is 0 Å². The molecule has 0 saturated heterocycles. The van der Waals surface area contributed by atoms with Crippen molar-refractivity contribution < 1.29 is 0 Å². The van der Waals surface area contributed by atoms with Crippen molar-refractivity contribution in [3.8, 4) is 0 Å². The summed E-state index contributed by atoms with van der Waals surface area (Å²) in [6, 6.07) is 73.4. The van der Waals surface area contributed by atoms with Crippen molar-refractivity contribution in [2.45, 2.75) is 88.1 Å². The Labute approximate surface area is 640 Å². The highest BCUT2D eigenvalue weighted by molar-refractivity contribution is 5.92. The second-order valence-electron chi connectivity index (χ2n) is 27.0. The molecule has 0 saturated carbocycles. The number of anilines is 17. The molecule has 15 aromatic rings. The van der Waals surface area contributed by atoms with Crippen molar-refractivity contribution in [2.75, 3.05) is 71.8 Å². The van der Waals surface area contributed by atoms with Crippen molar-refractivity contribution in [3.05, 3.63) is 293 Å². The van der Waals surface area contributed by atoms with Crippen LogP contribution in [-0.4, -0.2) is 79.2 Å². The fourth-order valence-electron chi connectivity index (χ4n) is 12.1. The number of pyridine rings is 3. The van der Waals surface area contributed by atoms with Crippen LogP contribution >= 0.6 is 0 Å². The van der Waals surface area contributed by atoms with Crippen LogP contribution in [0.1, 0.15) is 69.0 Å². The molecule has 0 fully saturated rings. The summed E-state index contributed by atoms with van der Waals surface area (Å²) in [7, 11) is 0. The molecule has 1 unspecified atom stereocenters. The van der Waals surface area contributed by atoms with E-state index >= 15 is 0 Å². The van der Waals surface area contributed by atoms with Gasteiger partial charge in [0.15, 0.2) is 0 Å². The zero-order valence-electron chi connectivity index (χ0n) is 63.3. The van der Waals surface area contributed by atoms with Gasteiger partial charge in [0.1, 0.15) is 0 Å². The van der Waals surface area contributed by atoms with E-state index in [1.807, 2.05) is 192 Å². The molecule has 1 atom stereocenters. The first-order valence-corrected chi connectivity index (χ1v) is 36.6. The summed E-state index contributed by atoms with van der Waals surface area (Å²) in [5.74, 6) is 4.16. The quantitative estimate of drug-likeness (QED) is 0.0237. The third-order valence-electron chi connectivity index (χ3n) is 18.3. The number of rotatable bonds is 25. The van der Waals surface area contributed by atoms with Crippen molar-refractivity contribution in [1.82, 2.24) is 59.8 Å². The minimum atomic E-state index is 0.142. The molecular formula is C87H89N23. The van der Waals surface area contributed by atoms with Gasteiger partial charge in [0.25, 0.3) is 0 Å². The third-order valence-corrected chi connectivity index (χ3v) is 18.3. The Bertz CT molecular complexity index is 5270. The lowest BCUT2D eigenvalue weighted by Gasteiger charge is -2.17. The Morgan fingerprint density at radius 1 is 0.264 bits per heavy atom. The molecule has 0 aliphatic rings. The Morgan fingerprint density at radius 3 is 0.855 bits per heavy atom. The Morgan fingerprint density at radius 2 is 0.536 bits per heavy atom. The van der Waals surface area contributed by atoms with Crippen LogP contribution < -0.4 is 58.5 Å². The van der Waals surface area contributed by atoms with E-state index in [2.05, 4.69) is 223 Å². The number of hydrogen-bond donors (Lipinski definition) is 11. The average molecular weight is 1460 g/mol.